The van der Waals surface area contributed by atoms with E-state index in [1.807, 2.05) is 18.2 Å². The minimum absolute atomic E-state index is 0. The zero-order valence-corrected chi connectivity index (χ0v) is 37.8. The van der Waals surface area contributed by atoms with Crippen LogP contribution in [0.4, 0.5) is 0 Å². The van der Waals surface area contributed by atoms with Crippen molar-refractivity contribution in [3.8, 4) is 17.2 Å². The summed E-state index contributed by atoms with van der Waals surface area (Å²) in [6, 6.07) is 18.1. The van der Waals surface area contributed by atoms with Gasteiger partial charge in [-0.1, -0.05) is 166 Å². The number of hydrogen-bond acceptors (Lipinski definition) is 6. The van der Waals surface area contributed by atoms with Gasteiger partial charge in [0.1, 0.15) is 5.75 Å². The van der Waals surface area contributed by atoms with Crippen molar-refractivity contribution < 1.29 is 15.3 Å². The molecule has 1 N–H and O–H groups in total. The van der Waals surface area contributed by atoms with Crippen molar-refractivity contribution in [3.05, 3.63) is 88.0 Å². The van der Waals surface area contributed by atoms with E-state index in [1.165, 1.54) is 113 Å². The Balaban J connectivity index is 0.00000696. The number of aromatic hydroxyl groups is 1. The van der Waals surface area contributed by atoms with E-state index in [2.05, 4.69) is 59.7 Å². The van der Waals surface area contributed by atoms with Crippen LogP contribution in [0.1, 0.15) is 182 Å². The van der Waals surface area contributed by atoms with E-state index in [-0.39, 0.29) is 67.3 Å². The third kappa shape index (κ3) is 15.1. The topological polar surface area (TPSA) is 75.6 Å². The van der Waals surface area contributed by atoms with Gasteiger partial charge < -0.3 is 15.3 Å². The minimum Gasteiger partial charge on any atom is -0.872 e. The van der Waals surface area contributed by atoms with Gasteiger partial charge in [0.05, 0.1) is 12.3 Å². The van der Waals surface area contributed by atoms with E-state index in [0.29, 0.717) is 6.54 Å². The first-order chi connectivity index (χ1) is 26.9. The molecule has 0 spiro atoms. The Kier molecular flexibility index (Phi) is 21.5. The normalized spacial score (nSPS) is 15.2. The summed E-state index contributed by atoms with van der Waals surface area (Å²) in [5, 5.41) is 39.4. The molecule has 7 heteroatoms. The maximum atomic E-state index is 14.0. The third-order valence-corrected chi connectivity index (χ3v) is 11.9. The van der Waals surface area contributed by atoms with Crippen LogP contribution >= 0.6 is 0 Å². The molecule has 2 unspecified atom stereocenters. The summed E-state index contributed by atoms with van der Waals surface area (Å²) >= 11 is 0. The summed E-state index contributed by atoms with van der Waals surface area (Å²) < 4.78 is 0. The van der Waals surface area contributed by atoms with E-state index in [9.17, 15) is 15.3 Å². The van der Waals surface area contributed by atoms with Crippen LogP contribution in [0.3, 0.4) is 0 Å². The molecule has 304 valence electrons. The maximum Gasteiger partial charge on any atom is 2.00 e. The molecule has 2 atom stereocenters. The van der Waals surface area contributed by atoms with Gasteiger partial charge in [0.2, 0.25) is 0 Å². The minimum atomic E-state index is -0.300. The number of rotatable bonds is 29. The van der Waals surface area contributed by atoms with Gasteiger partial charge in [-0.15, -0.1) is 11.5 Å². The molecular weight excluding hydrogens is 719 g/mol. The molecule has 0 saturated carbocycles. The Labute approximate surface area is 371 Å². The molecule has 2 saturated heterocycles. The maximum absolute atomic E-state index is 14.0. The fourth-order valence-corrected chi connectivity index (χ4v) is 8.44. The number of benzene rings is 3. The Morgan fingerprint density at radius 1 is 0.518 bits per heavy atom. The quantitative estimate of drug-likeness (QED) is 0.0429. The molecule has 2 aliphatic heterocycles. The molecule has 0 radical (unpaired) electrons. The van der Waals surface area contributed by atoms with Crippen LogP contribution in [-0.2, 0) is 25.8 Å². The SMILES string of the molecule is CCCCCCCCc1ccc(O)c(CN(C(c2cc(CCCCCCCC)ccc2[O-])N2CC2)C(c2cc(CCCCCCCC)ccc2[O-])N2CC2)c1.[Ca+2]. The molecule has 0 aliphatic carbocycles. The number of unbranched alkanes of at least 4 members (excludes halogenated alkanes) is 15. The van der Waals surface area contributed by atoms with Crippen LogP contribution in [0.2, 0.25) is 0 Å². The number of hydrogen-bond donors (Lipinski definition) is 1. The number of nitrogens with zero attached hydrogens (tertiary/aromatic N) is 3. The van der Waals surface area contributed by atoms with E-state index >= 15 is 0 Å². The van der Waals surface area contributed by atoms with Crippen molar-refractivity contribution in [1.82, 2.24) is 14.7 Å². The molecule has 0 aromatic heterocycles. The second kappa shape index (κ2) is 25.6. The number of phenolic OH excluding ortho intramolecular Hbond substituents is 1. The third-order valence-electron chi connectivity index (χ3n) is 11.9. The van der Waals surface area contributed by atoms with E-state index < -0.39 is 0 Å². The van der Waals surface area contributed by atoms with Gasteiger partial charge in [0.25, 0.3) is 0 Å². The van der Waals surface area contributed by atoms with Crippen molar-refractivity contribution in [1.29, 1.82) is 0 Å². The van der Waals surface area contributed by atoms with Gasteiger partial charge in [-0.05, 0) is 72.4 Å². The zero-order chi connectivity index (χ0) is 38.8. The number of phenols is 1. The summed E-state index contributed by atoms with van der Waals surface area (Å²) in [6.45, 7) is 10.8. The fourth-order valence-electron chi connectivity index (χ4n) is 8.44. The molecule has 3 aromatic carbocycles. The van der Waals surface area contributed by atoms with Crippen LogP contribution in [0.15, 0.2) is 54.6 Å². The number of aryl methyl sites for hydroxylation is 3. The molecule has 2 fully saturated rings. The van der Waals surface area contributed by atoms with Gasteiger partial charge in [-0.25, -0.2) is 0 Å². The van der Waals surface area contributed by atoms with Gasteiger partial charge in [-0.3, -0.25) is 14.7 Å². The van der Waals surface area contributed by atoms with E-state index in [0.717, 1.165) is 81.4 Å². The molecule has 56 heavy (non-hydrogen) atoms. The van der Waals surface area contributed by atoms with Crippen molar-refractivity contribution in [2.24, 2.45) is 0 Å². The Bertz CT molecular complexity index is 1480. The van der Waals surface area contributed by atoms with Crippen LogP contribution < -0.4 is 10.2 Å². The van der Waals surface area contributed by atoms with Crippen LogP contribution in [0, 0.1) is 0 Å². The molecule has 0 amide bonds. The van der Waals surface area contributed by atoms with Crippen molar-refractivity contribution in [2.75, 3.05) is 26.2 Å². The summed E-state index contributed by atoms with van der Waals surface area (Å²) in [4.78, 5) is 7.15. The summed E-state index contributed by atoms with van der Waals surface area (Å²) in [5.41, 5.74) is 6.14. The molecular formula is C49H73CaN3O3. The zero-order valence-electron chi connectivity index (χ0n) is 35.5. The molecule has 2 heterocycles. The second-order valence-corrected chi connectivity index (χ2v) is 16.8. The molecule has 2 aliphatic rings. The van der Waals surface area contributed by atoms with Gasteiger partial charge >= 0.3 is 37.7 Å². The second-order valence-electron chi connectivity index (χ2n) is 16.8. The monoisotopic (exact) mass is 792 g/mol. The predicted molar refractivity (Wildman–Crippen MR) is 231 cm³/mol. The van der Waals surface area contributed by atoms with Crippen LogP contribution in [0.25, 0.3) is 0 Å². The molecule has 6 nitrogen and oxygen atoms in total. The largest absolute Gasteiger partial charge is 2.00 e. The van der Waals surface area contributed by atoms with E-state index in [1.54, 1.807) is 12.1 Å². The van der Waals surface area contributed by atoms with E-state index in [4.69, 9.17) is 0 Å². The predicted octanol–water partition coefficient (Wildman–Crippen LogP) is 10.7. The summed E-state index contributed by atoms with van der Waals surface area (Å²) in [7, 11) is 0. The molecule has 5 rings (SSSR count). The Morgan fingerprint density at radius 2 is 0.875 bits per heavy atom. The average Bonchev–Trinajstić information content (AvgIpc) is 4.13. The first-order valence-corrected chi connectivity index (χ1v) is 22.6. The Morgan fingerprint density at radius 3 is 1.27 bits per heavy atom. The Hall–Kier alpha value is -1.80. The average molecular weight is 792 g/mol. The van der Waals surface area contributed by atoms with Crippen LogP contribution in [-0.4, -0.2) is 83.7 Å². The van der Waals surface area contributed by atoms with Crippen molar-refractivity contribution >= 4 is 37.7 Å². The fraction of sp³-hybridized carbons (Fsp3) is 0.633. The standard InChI is InChI=1S/C49H75N3O3.Ca/c1-4-7-10-13-16-19-22-39-25-28-45(53)42(35-39)38-52(48(50-31-32-50)43-36-40(26-29-46(43)54)23-20-17-14-11-8-5-2)49(51-33-34-51)44-37-41(27-30-47(44)55)24-21-18-15-12-9-6-3;/h25-30,35-37,48-49,53-55H,4-24,31-34,38H2,1-3H3;/q;+2/p-2. The smallest absolute Gasteiger partial charge is 0.872 e. The summed E-state index contributed by atoms with van der Waals surface area (Å²) in [5.74, 6) is 0.390. The first kappa shape index (κ1) is 46.9. The van der Waals surface area contributed by atoms with Crippen molar-refractivity contribution in [2.45, 2.75) is 174 Å². The molecule has 3 aromatic rings. The molecule has 0 bridgehead atoms. The van der Waals surface area contributed by atoms with Gasteiger partial charge in [-0.2, -0.15) is 0 Å². The van der Waals surface area contributed by atoms with Crippen molar-refractivity contribution in [3.63, 3.8) is 0 Å². The summed E-state index contributed by atoms with van der Waals surface area (Å²) in [6.07, 6.45) is 24.7. The van der Waals surface area contributed by atoms with Gasteiger partial charge in [0, 0.05) is 38.3 Å². The first-order valence-electron chi connectivity index (χ1n) is 22.6. The van der Waals surface area contributed by atoms with Gasteiger partial charge in [0.15, 0.2) is 0 Å². The van der Waals surface area contributed by atoms with Crippen LogP contribution in [0.5, 0.6) is 17.2 Å².